The van der Waals surface area contributed by atoms with Gasteiger partial charge in [-0.25, -0.2) is 4.98 Å². The van der Waals surface area contributed by atoms with E-state index in [1.54, 1.807) is 0 Å². The van der Waals surface area contributed by atoms with Gasteiger partial charge < -0.3 is 15.2 Å². The van der Waals surface area contributed by atoms with Crippen LogP contribution in [0.2, 0.25) is 0 Å². The minimum atomic E-state index is -0.0417. The van der Waals surface area contributed by atoms with Crippen molar-refractivity contribution in [2.24, 2.45) is 5.92 Å². The van der Waals surface area contributed by atoms with E-state index in [-0.39, 0.29) is 5.91 Å². The summed E-state index contributed by atoms with van der Waals surface area (Å²) >= 11 is 0. The van der Waals surface area contributed by atoms with Crippen LogP contribution in [0.4, 0.5) is 5.82 Å². The molecule has 0 unspecified atom stereocenters. The maximum absolute atomic E-state index is 12.4. The Morgan fingerprint density at radius 2 is 2.15 bits per heavy atom. The third kappa shape index (κ3) is 3.03. The number of aromatic amines is 1. The molecule has 27 heavy (non-hydrogen) atoms. The van der Waals surface area contributed by atoms with E-state index in [1.807, 2.05) is 25.1 Å². The molecule has 7 heteroatoms. The van der Waals surface area contributed by atoms with Gasteiger partial charge in [0.2, 0.25) is 0 Å². The number of nitrogens with zero attached hydrogens (tertiary/aromatic N) is 4. The molecule has 1 aliphatic heterocycles. The highest BCUT2D eigenvalue weighted by Gasteiger charge is 2.29. The highest BCUT2D eigenvalue weighted by atomic mass is 16.1. The van der Waals surface area contributed by atoms with Crippen molar-refractivity contribution in [2.75, 3.05) is 24.5 Å². The van der Waals surface area contributed by atoms with Crippen molar-refractivity contribution in [3.05, 3.63) is 46.9 Å². The van der Waals surface area contributed by atoms with Gasteiger partial charge in [0, 0.05) is 31.1 Å². The zero-order chi connectivity index (χ0) is 18.4. The Morgan fingerprint density at radius 1 is 1.26 bits per heavy atom. The number of nitrogens with one attached hydrogen (secondary N) is 2. The minimum absolute atomic E-state index is 0.0417. The van der Waals surface area contributed by atoms with Crippen LogP contribution in [0.1, 0.15) is 33.9 Å². The van der Waals surface area contributed by atoms with Gasteiger partial charge in [-0.05, 0) is 56.0 Å². The van der Waals surface area contributed by atoms with Crippen LogP contribution >= 0.6 is 0 Å². The minimum Gasteiger partial charge on any atom is -0.354 e. The molecule has 3 aromatic rings. The predicted octanol–water partition coefficient (Wildman–Crippen LogP) is 2.02. The molecule has 1 amide bonds. The lowest BCUT2D eigenvalue weighted by Gasteiger charge is -2.40. The number of imidazole rings is 1. The van der Waals surface area contributed by atoms with E-state index < -0.39 is 0 Å². The number of aryl methyl sites for hydroxylation is 3. The van der Waals surface area contributed by atoms with Crippen LogP contribution in [0, 0.1) is 12.8 Å². The summed E-state index contributed by atoms with van der Waals surface area (Å²) in [5.74, 6) is 2.23. The normalized spacial score (nSPS) is 16.4. The Bertz CT molecular complexity index is 1020. The molecule has 0 saturated carbocycles. The Balaban J connectivity index is 1.16. The van der Waals surface area contributed by atoms with Crippen LogP contribution in [0.15, 0.2) is 24.3 Å². The second kappa shape index (κ2) is 6.33. The van der Waals surface area contributed by atoms with Crippen LogP contribution in [0.25, 0.3) is 11.0 Å². The molecule has 1 aliphatic carbocycles. The Labute approximate surface area is 157 Å². The zero-order valence-electron chi connectivity index (χ0n) is 15.3. The first-order valence-corrected chi connectivity index (χ1v) is 9.51. The van der Waals surface area contributed by atoms with Crippen LogP contribution in [-0.2, 0) is 12.8 Å². The van der Waals surface area contributed by atoms with E-state index in [0.717, 1.165) is 54.3 Å². The highest BCUT2D eigenvalue weighted by Crippen LogP contribution is 2.27. The highest BCUT2D eigenvalue weighted by molar-refractivity contribution is 5.97. The lowest BCUT2D eigenvalue weighted by atomic mass is 10.00. The summed E-state index contributed by atoms with van der Waals surface area (Å²) < 4.78 is 0. The fourth-order valence-corrected chi connectivity index (χ4v) is 3.98. The molecule has 3 heterocycles. The maximum Gasteiger partial charge on any atom is 0.251 e. The van der Waals surface area contributed by atoms with Gasteiger partial charge in [0.15, 0.2) is 5.82 Å². The number of benzene rings is 1. The number of amides is 1. The second-order valence-electron chi connectivity index (χ2n) is 7.56. The van der Waals surface area contributed by atoms with Crippen LogP contribution < -0.4 is 10.2 Å². The van der Waals surface area contributed by atoms with Gasteiger partial charge >= 0.3 is 0 Å². The van der Waals surface area contributed by atoms with Gasteiger partial charge in [0.05, 0.1) is 16.7 Å². The average Bonchev–Trinajstić information content (AvgIpc) is 3.23. The first kappa shape index (κ1) is 16.2. The molecule has 138 valence electrons. The number of carbonyl (C=O) groups excluding carboxylic acids is 1. The van der Waals surface area contributed by atoms with Crippen LogP contribution in [0.3, 0.4) is 0 Å². The smallest absolute Gasteiger partial charge is 0.251 e. The van der Waals surface area contributed by atoms with E-state index in [4.69, 9.17) is 0 Å². The van der Waals surface area contributed by atoms with E-state index >= 15 is 0 Å². The summed E-state index contributed by atoms with van der Waals surface area (Å²) in [5.41, 5.74) is 4.94. The fourth-order valence-electron chi connectivity index (χ4n) is 3.98. The molecule has 1 fully saturated rings. The zero-order valence-corrected chi connectivity index (χ0v) is 15.3. The molecule has 0 atom stereocenters. The first-order valence-electron chi connectivity index (χ1n) is 9.51. The molecule has 0 radical (unpaired) electrons. The SMILES string of the molecule is Cc1nc2ccc(C(=O)NCC3CN(c4cc5c(nn4)CCC5)C3)cc2[nH]1. The monoisotopic (exact) mass is 362 g/mol. The molecule has 1 aromatic carbocycles. The van der Waals surface area contributed by atoms with Gasteiger partial charge in [-0.2, -0.15) is 5.10 Å². The molecular formula is C20H22N6O. The second-order valence-corrected chi connectivity index (χ2v) is 7.56. The Hall–Kier alpha value is -2.96. The van der Waals surface area contributed by atoms with E-state index in [2.05, 4.69) is 36.4 Å². The molecule has 7 nitrogen and oxygen atoms in total. The van der Waals surface area contributed by atoms with Crippen molar-refractivity contribution in [1.82, 2.24) is 25.5 Å². The first-order chi connectivity index (χ1) is 13.2. The third-order valence-corrected chi connectivity index (χ3v) is 5.50. The van der Waals surface area contributed by atoms with Crippen LogP contribution in [0.5, 0.6) is 0 Å². The van der Waals surface area contributed by atoms with Crippen molar-refractivity contribution in [1.29, 1.82) is 0 Å². The summed E-state index contributed by atoms with van der Waals surface area (Å²) in [5, 5.41) is 11.8. The number of H-pyrrole nitrogens is 1. The van der Waals surface area contributed by atoms with Gasteiger partial charge in [0.25, 0.3) is 5.91 Å². The molecule has 2 N–H and O–H groups in total. The fraction of sp³-hybridized carbons (Fsp3) is 0.400. The van der Waals surface area contributed by atoms with Crippen LogP contribution in [-0.4, -0.2) is 45.7 Å². The number of aromatic nitrogens is 4. The summed E-state index contributed by atoms with van der Waals surface area (Å²) in [6.45, 7) is 4.40. The van der Waals surface area contributed by atoms with Crippen molar-refractivity contribution in [3.8, 4) is 0 Å². The summed E-state index contributed by atoms with van der Waals surface area (Å²) in [4.78, 5) is 22.2. The van der Waals surface area contributed by atoms with Crippen molar-refractivity contribution in [2.45, 2.75) is 26.2 Å². The molecule has 2 aromatic heterocycles. The van der Waals surface area contributed by atoms with Gasteiger partial charge in [-0.3, -0.25) is 4.79 Å². The molecule has 0 bridgehead atoms. The number of hydrogen-bond donors (Lipinski definition) is 2. The van der Waals surface area contributed by atoms with Gasteiger partial charge in [-0.1, -0.05) is 0 Å². The van der Waals surface area contributed by atoms with Crippen molar-refractivity contribution < 1.29 is 4.79 Å². The average molecular weight is 362 g/mol. The number of hydrogen-bond acceptors (Lipinski definition) is 5. The largest absolute Gasteiger partial charge is 0.354 e. The number of fused-ring (bicyclic) bond motifs is 2. The lowest BCUT2D eigenvalue weighted by molar-refractivity contribution is 0.0944. The predicted molar refractivity (Wildman–Crippen MR) is 103 cm³/mol. The van der Waals surface area contributed by atoms with E-state index in [9.17, 15) is 4.79 Å². The number of anilines is 1. The number of rotatable bonds is 4. The topological polar surface area (TPSA) is 86.8 Å². The third-order valence-electron chi connectivity index (χ3n) is 5.50. The summed E-state index contributed by atoms with van der Waals surface area (Å²) in [7, 11) is 0. The molecule has 2 aliphatic rings. The molecule has 5 rings (SSSR count). The summed E-state index contributed by atoms with van der Waals surface area (Å²) in [6, 6.07) is 7.75. The molecular weight excluding hydrogens is 340 g/mol. The standard InChI is InChI=1S/C20H22N6O/c1-12-22-17-6-5-15(7-18(17)23-12)20(27)21-9-13-10-26(11-13)19-8-14-3-2-4-16(14)24-25-19/h5-8,13H,2-4,9-11H2,1H3,(H,21,27)(H,22,23). The van der Waals surface area contributed by atoms with Gasteiger partial charge in [-0.15, -0.1) is 5.10 Å². The molecule has 0 spiro atoms. The Kier molecular flexibility index (Phi) is 3.81. The van der Waals surface area contributed by atoms with Gasteiger partial charge in [0.1, 0.15) is 5.82 Å². The van der Waals surface area contributed by atoms with Crippen molar-refractivity contribution in [3.63, 3.8) is 0 Å². The quantitative estimate of drug-likeness (QED) is 0.741. The Morgan fingerprint density at radius 3 is 3.04 bits per heavy atom. The summed E-state index contributed by atoms with van der Waals surface area (Å²) in [6.07, 6.45) is 3.36. The van der Waals surface area contributed by atoms with E-state index in [1.165, 1.54) is 12.0 Å². The van der Waals surface area contributed by atoms with Crippen molar-refractivity contribution >= 4 is 22.8 Å². The maximum atomic E-state index is 12.4. The number of carbonyl (C=O) groups is 1. The van der Waals surface area contributed by atoms with E-state index in [0.29, 0.717) is 18.0 Å². The lowest BCUT2D eigenvalue weighted by Crippen LogP contribution is -2.52. The molecule has 1 saturated heterocycles.